The van der Waals surface area contributed by atoms with Gasteiger partial charge in [0.2, 0.25) is 11.8 Å². The maximum absolute atomic E-state index is 12.6. The number of carbonyl (C=O) groups is 2. The lowest BCUT2D eigenvalue weighted by Gasteiger charge is -2.26. The monoisotopic (exact) mass is 374 g/mol. The molecule has 0 spiro atoms. The van der Waals surface area contributed by atoms with E-state index in [4.69, 9.17) is 0 Å². The second-order valence-corrected chi connectivity index (χ2v) is 6.78. The fourth-order valence-electron chi connectivity index (χ4n) is 3.48. The Hall–Kier alpha value is -3.41. The van der Waals surface area contributed by atoms with Crippen LogP contribution in [0.5, 0.6) is 0 Å². The highest BCUT2D eigenvalue weighted by Crippen LogP contribution is 2.31. The first-order valence-electron chi connectivity index (χ1n) is 9.43. The third-order valence-corrected chi connectivity index (χ3v) is 4.89. The molecule has 6 nitrogen and oxygen atoms in total. The summed E-state index contributed by atoms with van der Waals surface area (Å²) in [6.45, 7) is 1.74. The number of carbonyl (C=O) groups excluding carboxylic acids is 2. The Bertz CT molecular complexity index is 967. The van der Waals surface area contributed by atoms with Crippen molar-refractivity contribution in [1.29, 1.82) is 0 Å². The second kappa shape index (κ2) is 8.08. The number of hydrogen-bond acceptors (Lipinski definition) is 3. The van der Waals surface area contributed by atoms with Crippen molar-refractivity contribution in [3.63, 3.8) is 0 Å². The summed E-state index contributed by atoms with van der Waals surface area (Å²) in [4.78, 5) is 30.3. The molecule has 142 valence electrons. The molecule has 2 heterocycles. The molecule has 3 aromatic rings. The summed E-state index contributed by atoms with van der Waals surface area (Å²) >= 11 is 0. The van der Waals surface area contributed by atoms with Gasteiger partial charge in [0.1, 0.15) is 0 Å². The van der Waals surface area contributed by atoms with E-state index in [2.05, 4.69) is 22.4 Å². The van der Waals surface area contributed by atoms with Crippen molar-refractivity contribution >= 4 is 11.8 Å². The number of nitrogens with zero attached hydrogens (tertiary/aromatic N) is 3. The van der Waals surface area contributed by atoms with Gasteiger partial charge < -0.3 is 14.8 Å². The van der Waals surface area contributed by atoms with Crippen LogP contribution in [0.25, 0.3) is 22.5 Å². The summed E-state index contributed by atoms with van der Waals surface area (Å²) < 4.78 is 2.03. The van der Waals surface area contributed by atoms with Crippen LogP contribution in [0.2, 0.25) is 0 Å². The molecule has 0 bridgehead atoms. The molecule has 6 heteroatoms. The van der Waals surface area contributed by atoms with E-state index >= 15 is 0 Å². The van der Waals surface area contributed by atoms with Crippen LogP contribution in [0.15, 0.2) is 67.0 Å². The van der Waals surface area contributed by atoms with Gasteiger partial charge in [-0.15, -0.1) is 0 Å². The number of piperazine rings is 1. The lowest BCUT2D eigenvalue weighted by Crippen LogP contribution is -2.50. The van der Waals surface area contributed by atoms with Gasteiger partial charge in [0.05, 0.1) is 24.3 Å². The zero-order chi connectivity index (χ0) is 19.3. The largest absolute Gasteiger partial charge is 0.353 e. The number of nitrogens with one attached hydrogen (secondary N) is 1. The van der Waals surface area contributed by atoms with Crippen LogP contribution in [0.3, 0.4) is 0 Å². The van der Waals surface area contributed by atoms with Gasteiger partial charge >= 0.3 is 0 Å². The first kappa shape index (κ1) is 18.0. The quantitative estimate of drug-likeness (QED) is 0.746. The van der Waals surface area contributed by atoms with Crippen molar-refractivity contribution in [2.45, 2.75) is 13.0 Å². The van der Waals surface area contributed by atoms with Crippen molar-refractivity contribution in [3.05, 3.63) is 67.0 Å². The summed E-state index contributed by atoms with van der Waals surface area (Å²) in [6.07, 6.45) is 2.12. The van der Waals surface area contributed by atoms with Crippen molar-refractivity contribution in [1.82, 2.24) is 19.8 Å². The standard InChI is InChI=1S/C22H22N4O2/c27-19-15-25(14-12-23-19)20(28)11-13-26-16-24-21(17-7-3-1-4-8-17)22(26)18-9-5-2-6-10-18/h1-10,16H,11-15H2,(H,23,27). The molecule has 1 aliphatic heterocycles. The summed E-state index contributed by atoms with van der Waals surface area (Å²) in [7, 11) is 0. The molecule has 2 aromatic carbocycles. The highest BCUT2D eigenvalue weighted by atomic mass is 16.2. The minimum atomic E-state index is -0.0985. The summed E-state index contributed by atoms with van der Waals surface area (Å²) in [5.41, 5.74) is 4.00. The normalized spacial score (nSPS) is 14.0. The molecule has 4 rings (SSSR count). The van der Waals surface area contributed by atoms with Crippen LogP contribution in [0, 0.1) is 0 Å². The average Bonchev–Trinajstić information content (AvgIpc) is 3.17. The Kier molecular flexibility index (Phi) is 5.19. The Morgan fingerprint density at radius 1 is 1.00 bits per heavy atom. The first-order chi connectivity index (χ1) is 13.7. The van der Waals surface area contributed by atoms with E-state index in [1.165, 1.54) is 0 Å². The summed E-state index contributed by atoms with van der Waals surface area (Å²) in [6, 6.07) is 20.1. The predicted molar refractivity (Wildman–Crippen MR) is 107 cm³/mol. The smallest absolute Gasteiger partial charge is 0.239 e. The lowest BCUT2D eigenvalue weighted by molar-refractivity contribution is -0.138. The van der Waals surface area contributed by atoms with E-state index < -0.39 is 0 Å². The Labute approximate surface area is 163 Å². The van der Waals surface area contributed by atoms with Crippen LogP contribution < -0.4 is 5.32 Å². The van der Waals surface area contributed by atoms with E-state index in [-0.39, 0.29) is 18.4 Å². The van der Waals surface area contributed by atoms with Gasteiger partial charge in [-0.25, -0.2) is 4.98 Å². The molecule has 1 fully saturated rings. The van der Waals surface area contributed by atoms with Gasteiger partial charge in [0.25, 0.3) is 0 Å². The van der Waals surface area contributed by atoms with Crippen molar-refractivity contribution in [3.8, 4) is 22.5 Å². The summed E-state index contributed by atoms with van der Waals surface area (Å²) in [5.74, 6) is -0.109. The number of benzene rings is 2. The number of aromatic nitrogens is 2. The SMILES string of the molecule is O=C1CN(C(=O)CCn2cnc(-c3ccccc3)c2-c2ccccc2)CCN1. The average molecular weight is 374 g/mol. The van der Waals surface area contributed by atoms with Gasteiger partial charge in [-0.2, -0.15) is 0 Å². The molecule has 1 saturated heterocycles. The molecule has 0 unspecified atom stereocenters. The number of aryl methyl sites for hydroxylation is 1. The lowest BCUT2D eigenvalue weighted by atomic mass is 10.0. The van der Waals surface area contributed by atoms with E-state index in [9.17, 15) is 9.59 Å². The number of amides is 2. The van der Waals surface area contributed by atoms with Gasteiger partial charge in [-0.3, -0.25) is 9.59 Å². The van der Waals surface area contributed by atoms with Gasteiger partial charge in [-0.05, 0) is 0 Å². The molecule has 0 radical (unpaired) electrons. The predicted octanol–water partition coefficient (Wildman–Crippen LogP) is 2.57. The minimum absolute atomic E-state index is 0.0103. The van der Waals surface area contributed by atoms with Crippen LogP contribution in [-0.2, 0) is 16.1 Å². The topological polar surface area (TPSA) is 67.2 Å². The molecular weight excluding hydrogens is 352 g/mol. The zero-order valence-electron chi connectivity index (χ0n) is 15.5. The third kappa shape index (κ3) is 3.81. The molecule has 1 aliphatic rings. The molecule has 1 N–H and O–H groups in total. The fourth-order valence-corrected chi connectivity index (χ4v) is 3.48. The minimum Gasteiger partial charge on any atom is -0.353 e. The Morgan fingerprint density at radius 2 is 1.68 bits per heavy atom. The highest BCUT2D eigenvalue weighted by molar-refractivity contribution is 5.86. The molecule has 2 amide bonds. The molecular formula is C22H22N4O2. The number of rotatable bonds is 5. The highest BCUT2D eigenvalue weighted by Gasteiger charge is 2.21. The molecule has 28 heavy (non-hydrogen) atoms. The van der Waals surface area contributed by atoms with Crippen LogP contribution in [0.1, 0.15) is 6.42 Å². The molecule has 0 aliphatic carbocycles. The first-order valence-corrected chi connectivity index (χ1v) is 9.43. The van der Waals surface area contributed by atoms with E-state index in [1.54, 1.807) is 11.2 Å². The van der Waals surface area contributed by atoms with Crippen LogP contribution >= 0.6 is 0 Å². The number of imidazole rings is 1. The molecule has 0 atom stereocenters. The van der Waals surface area contributed by atoms with Crippen LogP contribution in [-0.4, -0.2) is 45.9 Å². The third-order valence-electron chi connectivity index (χ3n) is 4.89. The van der Waals surface area contributed by atoms with Crippen molar-refractivity contribution in [2.75, 3.05) is 19.6 Å². The van der Waals surface area contributed by atoms with Gasteiger partial charge in [-0.1, -0.05) is 60.7 Å². The molecule has 1 aromatic heterocycles. The van der Waals surface area contributed by atoms with Crippen molar-refractivity contribution in [2.24, 2.45) is 0 Å². The number of hydrogen-bond donors (Lipinski definition) is 1. The maximum atomic E-state index is 12.6. The Balaban J connectivity index is 1.59. The Morgan fingerprint density at radius 3 is 2.36 bits per heavy atom. The van der Waals surface area contributed by atoms with E-state index in [0.717, 1.165) is 22.5 Å². The van der Waals surface area contributed by atoms with Crippen LogP contribution in [0.4, 0.5) is 0 Å². The fraction of sp³-hybridized carbons (Fsp3) is 0.227. The molecule has 0 saturated carbocycles. The van der Waals surface area contributed by atoms with Gasteiger partial charge in [0.15, 0.2) is 0 Å². The zero-order valence-corrected chi connectivity index (χ0v) is 15.5. The second-order valence-electron chi connectivity index (χ2n) is 6.78. The van der Waals surface area contributed by atoms with E-state index in [1.807, 2.05) is 53.1 Å². The van der Waals surface area contributed by atoms with E-state index in [0.29, 0.717) is 26.1 Å². The van der Waals surface area contributed by atoms with Gasteiger partial charge in [0, 0.05) is 37.2 Å². The van der Waals surface area contributed by atoms with Crippen molar-refractivity contribution < 1.29 is 9.59 Å². The maximum Gasteiger partial charge on any atom is 0.239 e. The summed E-state index contributed by atoms with van der Waals surface area (Å²) in [5, 5.41) is 2.74.